The number of nitrogens with two attached hydrogens (primary N) is 1. The van der Waals surface area contributed by atoms with E-state index in [9.17, 15) is 19.2 Å². The van der Waals surface area contributed by atoms with Crippen molar-refractivity contribution in [1.82, 2.24) is 29.3 Å². The molecule has 184 valence electrons. The second kappa shape index (κ2) is 8.43. The second-order valence-electron chi connectivity index (χ2n) is 9.62. The molecule has 3 heterocycles. The number of imidazole rings is 1. The number of imide groups is 1. The van der Waals surface area contributed by atoms with Crippen LogP contribution in [0.5, 0.6) is 0 Å². The molecule has 4 atom stereocenters. The van der Waals surface area contributed by atoms with Crippen molar-refractivity contribution < 1.29 is 14.4 Å². The number of nitrogen functional groups attached to an aromatic ring is 1. The van der Waals surface area contributed by atoms with Crippen molar-refractivity contribution in [3.8, 4) is 0 Å². The molecular formula is C25H25N7O4. The van der Waals surface area contributed by atoms with Gasteiger partial charge in [0, 0.05) is 19.6 Å². The van der Waals surface area contributed by atoms with Crippen molar-refractivity contribution in [1.29, 1.82) is 0 Å². The van der Waals surface area contributed by atoms with E-state index in [4.69, 9.17) is 5.73 Å². The average Bonchev–Trinajstić information content (AvgIpc) is 3.62. The van der Waals surface area contributed by atoms with Gasteiger partial charge in [0.1, 0.15) is 6.54 Å². The Bertz CT molecular complexity index is 1430. The summed E-state index contributed by atoms with van der Waals surface area (Å²) in [5, 5.41) is 0. The fraction of sp³-hybridized carbons (Fsp3) is 0.360. The monoisotopic (exact) mass is 487 g/mol. The number of rotatable bonds is 7. The maximum Gasteiger partial charge on any atom is 0.280 e. The molecular weight excluding hydrogens is 462 g/mol. The van der Waals surface area contributed by atoms with Gasteiger partial charge in [-0.05, 0) is 23.8 Å². The number of nitrogens with one attached hydrogen (secondary N) is 1. The zero-order valence-corrected chi connectivity index (χ0v) is 19.4. The topological polar surface area (TPSA) is 147 Å². The van der Waals surface area contributed by atoms with E-state index < -0.39 is 5.56 Å². The van der Waals surface area contributed by atoms with Gasteiger partial charge in [0.2, 0.25) is 23.7 Å². The number of aromatic nitrogens is 4. The molecule has 3 N–H and O–H groups in total. The fourth-order valence-corrected chi connectivity index (χ4v) is 5.83. The van der Waals surface area contributed by atoms with Gasteiger partial charge in [-0.25, -0.2) is 4.98 Å². The number of H-pyrrole nitrogens is 1. The number of benzene rings is 1. The van der Waals surface area contributed by atoms with Gasteiger partial charge in [0.25, 0.3) is 5.56 Å². The molecule has 1 aliphatic heterocycles. The Morgan fingerprint density at radius 1 is 1.08 bits per heavy atom. The number of anilines is 1. The molecule has 1 saturated heterocycles. The Kier molecular flexibility index (Phi) is 5.20. The first-order valence-electron chi connectivity index (χ1n) is 12.0. The van der Waals surface area contributed by atoms with Gasteiger partial charge >= 0.3 is 0 Å². The first-order chi connectivity index (χ1) is 17.4. The molecule has 36 heavy (non-hydrogen) atoms. The number of aromatic amines is 1. The molecule has 2 aromatic heterocycles. The molecule has 2 bridgehead atoms. The van der Waals surface area contributed by atoms with Gasteiger partial charge in [0.05, 0.1) is 18.2 Å². The van der Waals surface area contributed by atoms with Gasteiger partial charge in [0.15, 0.2) is 11.2 Å². The lowest BCUT2D eigenvalue weighted by molar-refractivity contribution is -0.142. The highest BCUT2D eigenvalue weighted by Crippen LogP contribution is 2.52. The van der Waals surface area contributed by atoms with Crippen molar-refractivity contribution in [3.05, 3.63) is 64.7 Å². The van der Waals surface area contributed by atoms with Gasteiger partial charge < -0.3 is 15.2 Å². The molecule has 11 nitrogen and oxygen atoms in total. The van der Waals surface area contributed by atoms with Crippen LogP contribution in [0.4, 0.5) is 5.95 Å². The summed E-state index contributed by atoms with van der Waals surface area (Å²) in [6.07, 6.45) is 6.38. The summed E-state index contributed by atoms with van der Waals surface area (Å²) >= 11 is 0. The molecule has 1 aromatic carbocycles. The summed E-state index contributed by atoms with van der Waals surface area (Å²) in [5.41, 5.74) is 6.41. The lowest BCUT2D eigenvalue weighted by Gasteiger charge is -2.26. The molecule has 0 unspecified atom stereocenters. The van der Waals surface area contributed by atoms with Crippen LogP contribution in [0.2, 0.25) is 0 Å². The number of amides is 3. The summed E-state index contributed by atoms with van der Waals surface area (Å²) in [5.74, 6) is -0.845. The van der Waals surface area contributed by atoms with Crippen molar-refractivity contribution >= 4 is 34.8 Å². The van der Waals surface area contributed by atoms with E-state index in [0.29, 0.717) is 6.54 Å². The number of allylic oxidation sites excluding steroid dienone is 2. The van der Waals surface area contributed by atoms with Crippen LogP contribution in [0.15, 0.2) is 53.6 Å². The maximum atomic E-state index is 13.4. The maximum absolute atomic E-state index is 13.4. The third-order valence-corrected chi connectivity index (χ3v) is 7.52. The van der Waals surface area contributed by atoms with Crippen LogP contribution >= 0.6 is 0 Å². The quantitative estimate of drug-likeness (QED) is 0.365. The highest BCUT2D eigenvalue weighted by Gasteiger charge is 2.59. The smallest absolute Gasteiger partial charge is 0.280 e. The molecule has 3 aromatic rings. The van der Waals surface area contributed by atoms with Crippen LogP contribution in [0, 0.1) is 23.7 Å². The predicted octanol–water partition coefficient (Wildman–Crippen LogP) is 0.538. The number of carbonyl (C=O) groups is 3. The van der Waals surface area contributed by atoms with Crippen LogP contribution in [0.1, 0.15) is 12.0 Å². The fourth-order valence-electron chi connectivity index (χ4n) is 5.83. The molecule has 2 aliphatic carbocycles. The molecule has 0 radical (unpaired) electrons. The van der Waals surface area contributed by atoms with Gasteiger partial charge in [-0.3, -0.25) is 29.1 Å². The normalized spacial score (nSPS) is 24.2. The summed E-state index contributed by atoms with van der Waals surface area (Å²) in [4.78, 5) is 65.3. The molecule has 6 rings (SSSR count). The van der Waals surface area contributed by atoms with E-state index in [0.717, 1.165) is 12.0 Å². The second-order valence-corrected chi connectivity index (χ2v) is 9.62. The Hall–Kier alpha value is -4.28. The van der Waals surface area contributed by atoms with E-state index in [1.54, 1.807) is 4.90 Å². The summed E-state index contributed by atoms with van der Waals surface area (Å²) < 4.78 is 1.47. The van der Waals surface area contributed by atoms with Crippen LogP contribution in [0.25, 0.3) is 11.2 Å². The molecule has 11 heteroatoms. The molecule has 3 amide bonds. The van der Waals surface area contributed by atoms with Gasteiger partial charge in [-0.1, -0.05) is 42.5 Å². The standard InChI is InChI=1S/C25H25N7O4/c26-25-28-21-20(22(34)29-25)27-13-31(21)12-17(33)30(11-14-4-2-1-3-5-14)8-9-32-23(35)18-15-6-7-16(10-15)19(18)24(32)36/h1-7,13,15-16,18-19H,8-12H2,(H3,26,28,29,34)/t15-,16+,18+,19-. The van der Waals surface area contributed by atoms with Crippen molar-refractivity contribution in [3.63, 3.8) is 0 Å². The molecule has 0 spiro atoms. The zero-order valence-electron chi connectivity index (χ0n) is 19.4. The minimum atomic E-state index is -0.482. The summed E-state index contributed by atoms with van der Waals surface area (Å²) in [7, 11) is 0. The van der Waals surface area contributed by atoms with Crippen molar-refractivity contribution in [2.75, 3.05) is 18.8 Å². The molecule has 3 aliphatic rings. The lowest BCUT2D eigenvalue weighted by atomic mass is 9.85. The third kappa shape index (κ3) is 3.58. The highest BCUT2D eigenvalue weighted by atomic mass is 16.2. The zero-order chi connectivity index (χ0) is 25.0. The van der Waals surface area contributed by atoms with Crippen molar-refractivity contribution in [2.45, 2.75) is 19.5 Å². The Morgan fingerprint density at radius 2 is 1.78 bits per heavy atom. The predicted molar refractivity (Wildman–Crippen MR) is 129 cm³/mol. The molecule has 2 fully saturated rings. The SMILES string of the molecule is Nc1nc2c(ncn2CC(=O)N(CCN2C(=O)[C@@H]3[C@H](C2=O)[C@H]2C=C[C@@H]3C2)Cc2ccccc2)c(=O)[nH]1. The minimum Gasteiger partial charge on any atom is -0.369 e. The van der Waals surface area contributed by atoms with Crippen molar-refractivity contribution in [2.24, 2.45) is 23.7 Å². The van der Waals surface area contributed by atoms with Crippen LogP contribution < -0.4 is 11.3 Å². The Labute approximate surface area is 205 Å². The first-order valence-corrected chi connectivity index (χ1v) is 12.0. The number of nitrogens with zero attached hydrogens (tertiary/aromatic N) is 5. The molecule has 1 saturated carbocycles. The van der Waals surface area contributed by atoms with Crippen LogP contribution in [-0.4, -0.2) is 60.1 Å². The Morgan fingerprint density at radius 3 is 2.47 bits per heavy atom. The summed E-state index contributed by atoms with van der Waals surface area (Å²) in [6, 6.07) is 9.49. The van der Waals surface area contributed by atoms with Gasteiger partial charge in [-0.2, -0.15) is 4.98 Å². The van der Waals surface area contributed by atoms with E-state index >= 15 is 0 Å². The number of fused-ring (bicyclic) bond motifs is 6. The van der Waals surface area contributed by atoms with Gasteiger partial charge in [-0.15, -0.1) is 0 Å². The van der Waals surface area contributed by atoms with E-state index in [2.05, 4.69) is 27.1 Å². The largest absolute Gasteiger partial charge is 0.369 e. The van der Waals surface area contributed by atoms with Crippen LogP contribution in [0.3, 0.4) is 0 Å². The van der Waals surface area contributed by atoms with Crippen LogP contribution in [-0.2, 0) is 27.5 Å². The Balaban J connectivity index is 1.22. The van der Waals surface area contributed by atoms with E-state index in [1.807, 2.05) is 30.3 Å². The van der Waals surface area contributed by atoms with E-state index in [1.165, 1.54) is 15.8 Å². The van der Waals surface area contributed by atoms with E-state index in [-0.39, 0.29) is 78.1 Å². The number of carbonyl (C=O) groups excluding carboxylic acids is 3. The average molecular weight is 488 g/mol. The minimum absolute atomic E-state index is 0.0668. The first kappa shape index (κ1) is 22.2. The third-order valence-electron chi connectivity index (χ3n) is 7.52. The number of hydrogen-bond acceptors (Lipinski definition) is 7. The highest BCUT2D eigenvalue weighted by molar-refractivity contribution is 6.06. The number of hydrogen-bond donors (Lipinski definition) is 2. The lowest BCUT2D eigenvalue weighted by Crippen LogP contribution is -2.42. The summed E-state index contributed by atoms with van der Waals surface area (Å²) in [6.45, 7) is 0.507. The number of likely N-dealkylation sites (tertiary alicyclic amines) is 1.